The Morgan fingerprint density at radius 3 is 1.63 bits per heavy atom. The summed E-state index contributed by atoms with van der Waals surface area (Å²) in [5.41, 5.74) is 11.8. The zero-order chi connectivity index (χ0) is 30.0. The predicted molar refractivity (Wildman–Crippen MR) is 190 cm³/mol. The molecular formula is C44H26N2. The van der Waals surface area contributed by atoms with E-state index in [-0.39, 0.29) is 0 Å². The van der Waals surface area contributed by atoms with Crippen LogP contribution in [-0.2, 0) is 5.41 Å². The first-order valence-corrected chi connectivity index (χ1v) is 16.0. The average molecular weight is 583 g/mol. The minimum atomic E-state index is -0.503. The van der Waals surface area contributed by atoms with Gasteiger partial charge in [0.25, 0.3) is 0 Å². The molecule has 1 aliphatic carbocycles. The molecule has 0 N–H and O–H groups in total. The van der Waals surface area contributed by atoms with Crippen molar-refractivity contribution in [3.63, 3.8) is 0 Å². The molecule has 0 atom stereocenters. The SMILES string of the molecule is c1ccc2c(c1)-c1ccccc1C21c2cccc(-c3ccc4c5ccccc5c5ccccc5c4c3)c2-n2c1nc1ccccc12. The van der Waals surface area contributed by atoms with Crippen molar-refractivity contribution in [1.29, 1.82) is 0 Å². The molecule has 2 heterocycles. The molecule has 0 radical (unpaired) electrons. The van der Waals surface area contributed by atoms with Gasteiger partial charge in [-0.3, -0.25) is 4.57 Å². The summed E-state index contributed by atoms with van der Waals surface area (Å²) in [4.78, 5) is 5.46. The molecule has 212 valence electrons. The van der Waals surface area contributed by atoms with Crippen molar-refractivity contribution in [2.24, 2.45) is 0 Å². The van der Waals surface area contributed by atoms with E-state index in [2.05, 4.69) is 162 Å². The third kappa shape index (κ3) is 2.81. The van der Waals surface area contributed by atoms with Crippen LogP contribution in [0, 0.1) is 0 Å². The number of hydrogen-bond donors (Lipinski definition) is 0. The van der Waals surface area contributed by atoms with Crippen molar-refractivity contribution < 1.29 is 0 Å². The zero-order valence-electron chi connectivity index (χ0n) is 24.9. The monoisotopic (exact) mass is 582 g/mol. The van der Waals surface area contributed by atoms with Gasteiger partial charge >= 0.3 is 0 Å². The van der Waals surface area contributed by atoms with E-state index in [1.165, 1.54) is 76.9 Å². The first kappa shape index (κ1) is 24.3. The molecule has 11 rings (SSSR count). The number of nitrogens with zero attached hydrogens (tertiary/aromatic N) is 2. The number of para-hydroxylation sites is 3. The van der Waals surface area contributed by atoms with Gasteiger partial charge in [0.1, 0.15) is 11.2 Å². The van der Waals surface area contributed by atoms with Crippen molar-refractivity contribution >= 4 is 43.4 Å². The van der Waals surface area contributed by atoms with Crippen LogP contribution < -0.4 is 0 Å². The number of benzene rings is 8. The van der Waals surface area contributed by atoms with E-state index in [0.29, 0.717) is 0 Å². The average Bonchev–Trinajstić information content (AvgIpc) is 3.75. The molecule has 2 heteroatoms. The summed E-state index contributed by atoms with van der Waals surface area (Å²) in [5.74, 6) is 1.07. The molecule has 1 aromatic heterocycles. The highest BCUT2D eigenvalue weighted by Crippen LogP contribution is 2.61. The topological polar surface area (TPSA) is 17.8 Å². The van der Waals surface area contributed by atoms with Gasteiger partial charge < -0.3 is 0 Å². The highest BCUT2D eigenvalue weighted by Gasteiger charge is 2.54. The van der Waals surface area contributed by atoms with Crippen LogP contribution in [0.4, 0.5) is 0 Å². The minimum Gasteiger partial charge on any atom is -0.294 e. The predicted octanol–water partition coefficient (Wildman–Crippen LogP) is 10.8. The molecule has 2 aliphatic rings. The molecule has 0 saturated heterocycles. The molecule has 1 aliphatic heterocycles. The van der Waals surface area contributed by atoms with Gasteiger partial charge in [0.2, 0.25) is 0 Å². The Balaban J connectivity index is 1.29. The smallest absolute Gasteiger partial charge is 0.134 e. The second kappa shape index (κ2) is 8.59. The molecule has 9 aromatic rings. The van der Waals surface area contributed by atoms with Gasteiger partial charge in [0.15, 0.2) is 0 Å². The van der Waals surface area contributed by atoms with Crippen LogP contribution >= 0.6 is 0 Å². The van der Waals surface area contributed by atoms with Crippen LogP contribution in [0.5, 0.6) is 0 Å². The maximum absolute atomic E-state index is 5.46. The summed E-state index contributed by atoms with van der Waals surface area (Å²) in [7, 11) is 0. The van der Waals surface area contributed by atoms with Crippen LogP contribution in [-0.4, -0.2) is 9.55 Å². The summed E-state index contributed by atoms with van der Waals surface area (Å²) < 4.78 is 2.46. The van der Waals surface area contributed by atoms with E-state index in [1.54, 1.807) is 0 Å². The Morgan fingerprint density at radius 1 is 0.413 bits per heavy atom. The molecule has 0 saturated carbocycles. The lowest BCUT2D eigenvalue weighted by Gasteiger charge is -2.27. The Kier molecular flexibility index (Phi) is 4.55. The number of aromatic nitrogens is 2. The highest BCUT2D eigenvalue weighted by molar-refractivity contribution is 6.25. The van der Waals surface area contributed by atoms with E-state index in [1.807, 2.05) is 0 Å². The Labute approximate surface area is 265 Å². The summed E-state index contributed by atoms with van der Waals surface area (Å²) in [6.07, 6.45) is 0. The second-order valence-electron chi connectivity index (χ2n) is 12.7. The third-order valence-corrected chi connectivity index (χ3v) is 10.6. The first-order chi connectivity index (χ1) is 22.8. The van der Waals surface area contributed by atoms with Gasteiger partial charge in [-0.05, 0) is 83.9 Å². The van der Waals surface area contributed by atoms with Crippen LogP contribution in [0.1, 0.15) is 22.5 Å². The van der Waals surface area contributed by atoms with Gasteiger partial charge in [0, 0.05) is 5.56 Å². The highest BCUT2D eigenvalue weighted by atomic mass is 15.1. The molecule has 1 spiro atoms. The molecular weight excluding hydrogens is 556 g/mol. The lowest BCUT2D eigenvalue weighted by atomic mass is 9.72. The van der Waals surface area contributed by atoms with E-state index in [4.69, 9.17) is 4.98 Å². The van der Waals surface area contributed by atoms with Gasteiger partial charge in [-0.1, -0.05) is 140 Å². The third-order valence-electron chi connectivity index (χ3n) is 10.6. The lowest BCUT2D eigenvalue weighted by molar-refractivity contribution is 0.738. The summed E-state index contributed by atoms with van der Waals surface area (Å²) in [5, 5.41) is 7.74. The Hall–Kier alpha value is -5.99. The molecule has 0 amide bonds. The van der Waals surface area contributed by atoms with E-state index in [0.717, 1.165) is 16.9 Å². The van der Waals surface area contributed by atoms with Gasteiger partial charge in [0.05, 0.1) is 16.7 Å². The molecule has 46 heavy (non-hydrogen) atoms. The van der Waals surface area contributed by atoms with Crippen molar-refractivity contribution in [2.75, 3.05) is 0 Å². The van der Waals surface area contributed by atoms with Crippen LogP contribution in [0.15, 0.2) is 158 Å². The normalized spacial score (nSPS) is 13.8. The molecule has 0 bridgehead atoms. The van der Waals surface area contributed by atoms with Gasteiger partial charge in [-0.15, -0.1) is 0 Å². The molecule has 2 nitrogen and oxygen atoms in total. The fourth-order valence-corrected chi connectivity index (χ4v) is 8.79. The molecule has 8 aromatic carbocycles. The maximum Gasteiger partial charge on any atom is 0.134 e. The van der Waals surface area contributed by atoms with Crippen LogP contribution in [0.3, 0.4) is 0 Å². The van der Waals surface area contributed by atoms with Crippen molar-refractivity contribution in [2.45, 2.75) is 5.41 Å². The first-order valence-electron chi connectivity index (χ1n) is 16.0. The second-order valence-corrected chi connectivity index (χ2v) is 12.7. The lowest BCUT2D eigenvalue weighted by Crippen LogP contribution is -2.27. The maximum atomic E-state index is 5.46. The summed E-state index contributed by atoms with van der Waals surface area (Å²) in [6, 6.07) is 58.0. The van der Waals surface area contributed by atoms with Gasteiger partial charge in [-0.25, -0.2) is 4.98 Å². The van der Waals surface area contributed by atoms with E-state index >= 15 is 0 Å². The largest absolute Gasteiger partial charge is 0.294 e. The van der Waals surface area contributed by atoms with Crippen LogP contribution in [0.2, 0.25) is 0 Å². The van der Waals surface area contributed by atoms with E-state index < -0.39 is 5.41 Å². The zero-order valence-corrected chi connectivity index (χ0v) is 24.9. The Morgan fingerprint density at radius 2 is 0.935 bits per heavy atom. The number of rotatable bonds is 1. The van der Waals surface area contributed by atoms with Crippen molar-refractivity contribution in [3.8, 4) is 27.9 Å². The minimum absolute atomic E-state index is 0.503. The van der Waals surface area contributed by atoms with E-state index in [9.17, 15) is 0 Å². The quantitative estimate of drug-likeness (QED) is 0.176. The molecule has 0 unspecified atom stereocenters. The van der Waals surface area contributed by atoms with Gasteiger partial charge in [-0.2, -0.15) is 0 Å². The Bertz CT molecular complexity index is 2680. The fraction of sp³-hybridized carbons (Fsp3) is 0.0227. The number of imidazole rings is 1. The summed E-state index contributed by atoms with van der Waals surface area (Å²) in [6.45, 7) is 0. The summed E-state index contributed by atoms with van der Waals surface area (Å²) >= 11 is 0. The van der Waals surface area contributed by atoms with Crippen LogP contribution in [0.25, 0.3) is 71.3 Å². The fourth-order valence-electron chi connectivity index (χ4n) is 8.79. The van der Waals surface area contributed by atoms with Crippen molar-refractivity contribution in [1.82, 2.24) is 9.55 Å². The standard InChI is InChI=1S/C44H26N2/c1-2-14-31-29(12-1)30-13-3-4-15-32(30)36-26-27(24-25-33(31)36)28-18-11-21-39-42(28)46-41-23-10-9-22-40(41)45-43(46)44(39)37-19-7-5-16-34(37)35-17-6-8-20-38(35)44/h1-26H. The number of fused-ring (bicyclic) bond motifs is 18. The van der Waals surface area contributed by atoms with Crippen molar-refractivity contribution in [3.05, 3.63) is 180 Å². The molecule has 0 fully saturated rings. The number of hydrogen-bond acceptors (Lipinski definition) is 1.